The van der Waals surface area contributed by atoms with Crippen LogP contribution in [0.2, 0.25) is 0 Å². The van der Waals surface area contributed by atoms with E-state index >= 15 is 0 Å². The normalized spacial score (nSPS) is 16.2. The highest BCUT2D eigenvalue weighted by Gasteiger charge is 2.30. The number of carbonyl (C=O) groups excluding carboxylic acids is 1. The molecule has 0 saturated heterocycles. The molecule has 0 aliphatic carbocycles. The predicted molar refractivity (Wildman–Crippen MR) is 89.3 cm³/mol. The smallest absolute Gasteiger partial charge is 0.416 e. The van der Waals surface area contributed by atoms with Gasteiger partial charge in [-0.3, -0.25) is 4.79 Å². The Morgan fingerprint density at radius 2 is 1.88 bits per heavy atom. The molecule has 0 radical (unpaired) electrons. The Balaban J connectivity index is 1.68. The molecule has 3 rings (SSSR count). The van der Waals surface area contributed by atoms with Crippen LogP contribution >= 0.6 is 0 Å². The molecule has 1 unspecified atom stereocenters. The Bertz CT molecular complexity index is 816. The Morgan fingerprint density at radius 3 is 2.54 bits per heavy atom. The van der Waals surface area contributed by atoms with Crippen LogP contribution in [-0.2, 0) is 17.4 Å². The van der Waals surface area contributed by atoms with E-state index in [1.54, 1.807) is 18.2 Å². The predicted octanol–water partition coefficient (Wildman–Crippen LogP) is 4.10. The summed E-state index contributed by atoms with van der Waals surface area (Å²) in [5.74, 6) is 1.12. The number of benzene rings is 2. The van der Waals surface area contributed by atoms with E-state index in [4.69, 9.17) is 9.47 Å². The molecule has 136 valence electrons. The molecule has 0 saturated carbocycles. The van der Waals surface area contributed by atoms with Crippen LogP contribution in [-0.4, -0.2) is 18.6 Å². The van der Waals surface area contributed by atoms with E-state index in [-0.39, 0.29) is 11.9 Å². The summed E-state index contributed by atoms with van der Waals surface area (Å²) in [6.07, 6.45) is -2.57. The number of nitrogens with one attached hydrogen (secondary N) is 1. The number of rotatable bonds is 4. The summed E-state index contributed by atoms with van der Waals surface area (Å²) in [6.45, 7) is 3.72. The lowest BCUT2D eigenvalue weighted by Crippen LogP contribution is -2.41. The van der Waals surface area contributed by atoms with E-state index < -0.39 is 11.7 Å². The van der Waals surface area contributed by atoms with E-state index in [1.165, 1.54) is 18.2 Å². The third-order valence-corrected chi connectivity index (χ3v) is 3.89. The first-order valence-electron chi connectivity index (χ1n) is 7.89. The van der Waals surface area contributed by atoms with E-state index in [0.29, 0.717) is 30.3 Å². The molecule has 1 atom stereocenters. The Morgan fingerprint density at radius 1 is 1.19 bits per heavy atom. The van der Waals surface area contributed by atoms with Crippen LogP contribution in [0.15, 0.2) is 55.1 Å². The van der Waals surface area contributed by atoms with Crippen LogP contribution in [0.25, 0.3) is 0 Å². The van der Waals surface area contributed by atoms with Crippen molar-refractivity contribution < 1.29 is 27.4 Å². The van der Waals surface area contributed by atoms with Crippen LogP contribution < -0.4 is 14.8 Å². The number of hydrogen-bond donors (Lipinski definition) is 1. The maximum atomic E-state index is 12.6. The van der Waals surface area contributed by atoms with E-state index in [0.717, 1.165) is 17.7 Å². The van der Waals surface area contributed by atoms with Crippen LogP contribution in [0.5, 0.6) is 17.2 Å². The summed E-state index contributed by atoms with van der Waals surface area (Å²) >= 11 is 0. The van der Waals surface area contributed by atoms with Gasteiger partial charge in [0.15, 0.2) is 0 Å². The van der Waals surface area contributed by atoms with Gasteiger partial charge in [-0.1, -0.05) is 12.6 Å². The first-order chi connectivity index (χ1) is 12.3. The molecule has 4 nitrogen and oxygen atoms in total. The van der Waals surface area contributed by atoms with Crippen molar-refractivity contribution in [2.75, 3.05) is 6.61 Å². The van der Waals surface area contributed by atoms with Gasteiger partial charge in [-0.2, -0.15) is 13.2 Å². The highest BCUT2D eigenvalue weighted by Crippen LogP contribution is 2.34. The lowest BCUT2D eigenvalue weighted by Gasteiger charge is -2.26. The maximum Gasteiger partial charge on any atom is 0.416 e. The number of halogens is 3. The van der Waals surface area contributed by atoms with Gasteiger partial charge >= 0.3 is 6.18 Å². The molecule has 0 fully saturated rings. The molecule has 0 bridgehead atoms. The average Bonchev–Trinajstić information content (AvgIpc) is 2.61. The zero-order valence-electron chi connectivity index (χ0n) is 13.7. The molecule has 2 aromatic carbocycles. The Labute approximate surface area is 148 Å². The van der Waals surface area contributed by atoms with Crippen LogP contribution in [0.3, 0.4) is 0 Å². The number of carbonyl (C=O) groups is 1. The van der Waals surface area contributed by atoms with E-state index in [2.05, 4.69) is 11.9 Å². The van der Waals surface area contributed by atoms with Crippen LogP contribution in [0.4, 0.5) is 13.2 Å². The van der Waals surface area contributed by atoms with Gasteiger partial charge in [-0.25, -0.2) is 0 Å². The maximum absolute atomic E-state index is 12.6. The lowest BCUT2D eigenvalue weighted by atomic mass is 10.0. The van der Waals surface area contributed by atoms with Gasteiger partial charge in [-0.15, -0.1) is 0 Å². The van der Waals surface area contributed by atoms with Crippen LogP contribution in [0.1, 0.15) is 11.1 Å². The number of amides is 1. The molecular formula is C19H16F3NO3. The largest absolute Gasteiger partial charge is 0.491 e. The van der Waals surface area contributed by atoms with Crippen molar-refractivity contribution in [1.82, 2.24) is 5.32 Å². The fourth-order valence-electron chi connectivity index (χ4n) is 2.62. The molecule has 1 N–H and O–H groups in total. The van der Waals surface area contributed by atoms with Crippen molar-refractivity contribution in [1.29, 1.82) is 0 Å². The molecule has 1 heterocycles. The minimum Gasteiger partial charge on any atom is -0.491 e. The molecule has 1 aliphatic heterocycles. The number of ether oxygens (including phenoxy) is 2. The van der Waals surface area contributed by atoms with E-state index in [1.807, 2.05) is 0 Å². The summed E-state index contributed by atoms with van der Waals surface area (Å²) < 4.78 is 49.0. The van der Waals surface area contributed by atoms with Crippen molar-refractivity contribution >= 4 is 5.91 Å². The summed E-state index contributed by atoms with van der Waals surface area (Å²) in [4.78, 5) is 11.4. The quantitative estimate of drug-likeness (QED) is 0.832. The van der Waals surface area contributed by atoms with Gasteiger partial charge in [0.25, 0.3) is 0 Å². The van der Waals surface area contributed by atoms with Crippen molar-refractivity contribution in [3.05, 3.63) is 66.2 Å². The van der Waals surface area contributed by atoms with Crippen molar-refractivity contribution in [2.45, 2.75) is 18.6 Å². The van der Waals surface area contributed by atoms with Gasteiger partial charge in [0.1, 0.15) is 23.9 Å². The summed E-state index contributed by atoms with van der Waals surface area (Å²) in [7, 11) is 0. The van der Waals surface area contributed by atoms with E-state index in [9.17, 15) is 18.0 Å². The fraction of sp³-hybridized carbons (Fsp3) is 0.211. The second-order valence-corrected chi connectivity index (χ2v) is 5.82. The van der Waals surface area contributed by atoms with Gasteiger partial charge in [-0.05, 0) is 48.4 Å². The second-order valence-electron chi connectivity index (χ2n) is 5.82. The summed E-state index contributed by atoms with van der Waals surface area (Å²) in [5, 5.41) is 2.78. The Kier molecular flexibility index (Phi) is 4.88. The first kappa shape index (κ1) is 17.8. The number of fused-ring (bicyclic) bond motifs is 1. The molecule has 1 amide bonds. The molecule has 26 heavy (non-hydrogen) atoms. The van der Waals surface area contributed by atoms with Gasteiger partial charge in [0, 0.05) is 6.07 Å². The van der Waals surface area contributed by atoms with Gasteiger partial charge < -0.3 is 14.8 Å². The molecule has 7 heteroatoms. The lowest BCUT2D eigenvalue weighted by molar-refractivity contribution is -0.137. The minimum atomic E-state index is -4.38. The first-order valence-corrected chi connectivity index (χ1v) is 7.89. The van der Waals surface area contributed by atoms with Crippen molar-refractivity contribution in [3.8, 4) is 17.2 Å². The zero-order valence-corrected chi connectivity index (χ0v) is 13.7. The van der Waals surface area contributed by atoms with Crippen molar-refractivity contribution in [3.63, 3.8) is 0 Å². The van der Waals surface area contributed by atoms with Gasteiger partial charge in [0.2, 0.25) is 5.91 Å². The summed E-state index contributed by atoms with van der Waals surface area (Å²) in [5.41, 5.74) is 0.177. The molecule has 0 aromatic heterocycles. The topological polar surface area (TPSA) is 47.6 Å². The number of alkyl halides is 3. The van der Waals surface area contributed by atoms with Gasteiger partial charge in [0.05, 0.1) is 11.6 Å². The molecular weight excluding hydrogens is 347 g/mol. The van der Waals surface area contributed by atoms with Crippen molar-refractivity contribution in [2.24, 2.45) is 0 Å². The fourth-order valence-corrected chi connectivity index (χ4v) is 2.62. The third kappa shape index (κ3) is 4.17. The second kappa shape index (κ2) is 7.11. The molecule has 0 spiro atoms. The third-order valence-electron chi connectivity index (χ3n) is 3.89. The molecule has 2 aromatic rings. The Hall–Kier alpha value is -2.96. The number of hydrogen-bond acceptors (Lipinski definition) is 3. The molecule has 1 aliphatic rings. The zero-order chi connectivity index (χ0) is 18.7. The minimum absolute atomic E-state index is 0.144. The highest BCUT2D eigenvalue weighted by molar-refractivity contribution is 5.87. The summed E-state index contributed by atoms with van der Waals surface area (Å²) in [6, 6.07) is 9.52. The standard InChI is InChI=1S/C19H16F3NO3/c1-2-18(24)23-14-9-12-3-6-16(10-17(12)25-11-14)26-15-7-4-13(5-8-15)19(20,21)22/h2-8,10,14H,1,9,11H2,(H,23,24). The monoisotopic (exact) mass is 363 g/mol. The SMILES string of the molecule is C=CC(=O)NC1COc2cc(Oc3ccc(C(F)(F)F)cc3)ccc2C1. The van der Waals surface area contributed by atoms with Crippen LogP contribution in [0, 0.1) is 0 Å². The highest BCUT2D eigenvalue weighted by atomic mass is 19.4. The average molecular weight is 363 g/mol.